The molecule has 0 amide bonds. The van der Waals surface area contributed by atoms with Crippen LogP contribution in [0.25, 0.3) is 5.82 Å². The van der Waals surface area contributed by atoms with E-state index in [-0.39, 0.29) is 17.6 Å². The monoisotopic (exact) mass is 293 g/mol. The normalized spacial score (nSPS) is 25.3. The lowest BCUT2D eigenvalue weighted by Crippen LogP contribution is -2.41. The second-order valence-electron chi connectivity index (χ2n) is 5.75. The highest BCUT2D eigenvalue weighted by molar-refractivity contribution is 6.61. The standard InChI is InChI=1S/C14H19BN4O2/c1-10-8-19(9-18-10)12-7-16-11(6-17-12)15-20-13(2,3)14(4,5)21-15/h6-9H,1-5H3/i1D3,6D,7D,8D,9D. The molecular formula is C14H19BN4O2. The van der Waals surface area contributed by atoms with Crippen molar-refractivity contribution in [1.29, 1.82) is 0 Å². The Morgan fingerprint density at radius 2 is 1.86 bits per heavy atom. The Morgan fingerprint density at radius 1 is 1.14 bits per heavy atom. The van der Waals surface area contributed by atoms with Crippen LogP contribution in [0.5, 0.6) is 0 Å². The summed E-state index contributed by atoms with van der Waals surface area (Å²) in [4.78, 5) is 11.6. The van der Waals surface area contributed by atoms with Crippen LogP contribution in [0.1, 0.15) is 43.0 Å². The van der Waals surface area contributed by atoms with Gasteiger partial charge in [0, 0.05) is 16.5 Å². The van der Waals surface area contributed by atoms with Crippen molar-refractivity contribution in [2.45, 2.75) is 45.7 Å². The maximum atomic E-state index is 8.17. The Balaban J connectivity index is 2.07. The Hall–Kier alpha value is -1.73. The number of aromatic nitrogens is 4. The van der Waals surface area contributed by atoms with Crippen LogP contribution in [0.4, 0.5) is 0 Å². The molecule has 2 aromatic heterocycles. The molecule has 0 N–H and O–H groups in total. The van der Waals surface area contributed by atoms with Crippen LogP contribution in [-0.2, 0) is 9.31 Å². The number of aryl methyl sites for hydroxylation is 1. The van der Waals surface area contributed by atoms with Gasteiger partial charge >= 0.3 is 7.12 Å². The first-order valence-electron chi connectivity index (χ1n) is 9.93. The summed E-state index contributed by atoms with van der Waals surface area (Å²) in [6.45, 7) is 4.64. The minimum atomic E-state index is -2.69. The van der Waals surface area contributed by atoms with Gasteiger partial charge in [0.05, 0.1) is 32.8 Å². The summed E-state index contributed by atoms with van der Waals surface area (Å²) in [7, 11) is -1.00. The van der Waals surface area contributed by atoms with Gasteiger partial charge in [0.25, 0.3) is 0 Å². The molecule has 1 aliphatic heterocycles. The molecule has 0 atom stereocenters. The van der Waals surface area contributed by atoms with E-state index in [4.69, 9.17) is 18.9 Å². The molecule has 0 bridgehead atoms. The molecule has 0 aromatic carbocycles. The van der Waals surface area contributed by atoms with Gasteiger partial charge in [0.2, 0.25) is 0 Å². The minimum absolute atomic E-state index is 0.0124. The van der Waals surface area contributed by atoms with Crippen molar-refractivity contribution in [2.75, 3.05) is 0 Å². The molecular weight excluding hydrogens is 267 g/mol. The molecule has 0 radical (unpaired) electrons. The molecule has 3 heterocycles. The summed E-state index contributed by atoms with van der Waals surface area (Å²) in [5.41, 5.74) is -1.94. The Bertz CT molecular complexity index is 929. The van der Waals surface area contributed by atoms with Crippen molar-refractivity contribution >= 4 is 12.7 Å². The van der Waals surface area contributed by atoms with Crippen molar-refractivity contribution < 1.29 is 18.9 Å². The number of rotatable bonds is 2. The number of hydrogen-bond donors (Lipinski definition) is 0. The lowest BCUT2D eigenvalue weighted by atomic mass is 9.85. The third-order valence-electron chi connectivity index (χ3n) is 3.72. The van der Waals surface area contributed by atoms with E-state index in [0.29, 0.717) is 0 Å². The minimum Gasteiger partial charge on any atom is -0.398 e. The van der Waals surface area contributed by atoms with Crippen LogP contribution in [0, 0.1) is 6.85 Å². The second-order valence-corrected chi connectivity index (χ2v) is 5.75. The lowest BCUT2D eigenvalue weighted by Gasteiger charge is -2.32. The first-order valence-corrected chi connectivity index (χ1v) is 6.43. The fraction of sp³-hybridized carbons (Fsp3) is 0.500. The third-order valence-corrected chi connectivity index (χ3v) is 3.72. The molecule has 2 aromatic rings. The van der Waals surface area contributed by atoms with Crippen LogP contribution >= 0.6 is 0 Å². The maximum Gasteiger partial charge on any atom is 0.516 e. The van der Waals surface area contributed by atoms with Gasteiger partial charge in [-0.3, -0.25) is 9.55 Å². The largest absolute Gasteiger partial charge is 0.516 e. The van der Waals surface area contributed by atoms with Crippen molar-refractivity contribution in [1.82, 2.24) is 19.5 Å². The fourth-order valence-electron chi connectivity index (χ4n) is 1.79. The van der Waals surface area contributed by atoms with Crippen molar-refractivity contribution in [3.05, 3.63) is 30.5 Å². The van der Waals surface area contributed by atoms with Crippen LogP contribution in [0.3, 0.4) is 0 Å². The van der Waals surface area contributed by atoms with E-state index >= 15 is 0 Å². The van der Waals surface area contributed by atoms with Gasteiger partial charge in [-0.1, -0.05) is 0 Å². The van der Waals surface area contributed by atoms with E-state index in [9.17, 15) is 0 Å². The van der Waals surface area contributed by atoms with Crippen molar-refractivity contribution in [3.63, 3.8) is 0 Å². The van der Waals surface area contributed by atoms with Crippen LogP contribution in [0.15, 0.2) is 24.8 Å². The molecule has 1 saturated heterocycles. The Kier molecular flexibility index (Phi) is 1.78. The van der Waals surface area contributed by atoms with E-state index < -0.39 is 49.5 Å². The molecule has 1 fully saturated rings. The molecule has 0 aliphatic carbocycles. The number of hydrogen-bond acceptors (Lipinski definition) is 5. The summed E-state index contributed by atoms with van der Waals surface area (Å²) >= 11 is 0. The Morgan fingerprint density at radius 3 is 2.48 bits per heavy atom. The molecule has 3 rings (SSSR count). The lowest BCUT2D eigenvalue weighted by molar-refractivity contribution is 0.00578. The van der Waals surface area contributed by atoms with Gasteiger partial charge in [-0.25, -0.2) is 9.97 Å². The predicted molar refractivity (Wildman–Crippen MR) is 79.6 cm³/mol. The molecule has 21 heavy (non-hydrogen) atoms. The highest BCUT2D eigenvalue weighted by Gasteiger charge is 2.52. The molecule has 1 aliphatic rings. The van der Waals surface area contributed by atoms with E-state index in [1.165, 1.54) is 0 Å². The van der Waals surface area contributed by atoms with Gasteiger partial charge in [0.1, 0.15) is 7.67 Å². The van der Waals surface area contributed by atoms with Crippen molar-refractivity contribution in [2.24, 2.45) is 0 Å². The zero-order chi connectivity index (χ0) is 21.2. The zero-order valence-electron chi connectivity index (χ0n) is 19.2. The van der Waals surface area contributed by atoms with Gasteiger partial charge in [-0.2, -0.15) is 0 Å². The zero-order valence-corrected chi connectivity index (χ0v) is 12.2. The van der Waals surface area contributed by atoms with Crippen LogP contribution in [0.2, 0.25) is 0 Å². The average Bonchev–Trinajstić information content (AvgIpc) is 2.93. The van der Waals surface area contributed by atoms with Gasteiger partial charge in [-0.05, 0) is 34.5 Å². The molecule has 6 nitrogen and oxygen atoms in total. The number of imidazole rings is 1. The topological polar surface area (TPSA) is 62.1 Å². The molecule has 0 saturated carbocycles. The van der Waals surface area contributed by atoms with E-state index in [1.54, 1.807) is 0 Å². The molecule has 7 heteroatoms. The first-order chi connectivity index (χ1) is 12.7. The van der Waals surface area contributed by atoms with E-state index in [0.717, 1.165) is 4.57 Å². The fourth-order valence-corrected chi connectivity index (χ4v) is 1.79. The maximum absolute atomic E-state index is 8.17. The summed E-state index contributed by atoms with van der Waals surface area (Å²) in [5, 5.41) is 0. The quantitative estimate of drug-likeness (QED) is 0.780. The highest BCUT2D eigenvalue weighted by atomic mass is 16.7. The summed E-state index contributed by atoms with van der Waals surface area (Å²) in [6.07, 6.45) is -2.01. The van der Waals surface area contributed by atoms with Crippen molar-refractivity contribution in [3.8, 4) is 5.82 Å². The van der Waals surface area contributed by atoms with E-state index in [1.807, 2.05) is 27.7 Å². The summed E-state index contributed by atoms with van der Waals surface area (Å²) in [6, 6.07) is 0. The van der Waals surface area contributed by atoms with E-state index in [2.05, 4.69) is 15.0 Å². The summed E-state index contributed by atoms with van der Waals surface area (Å²) in [5.74, 6) is -0.330. The Labute approximate surface area is 134 Å². The highest BCUT2D eigenvalue weighted by Crippen LogP contribution is 2.36. The molecule has 0 spiro atoms. The molecule has 110 valence electrons. The van der Waals surface area contributed by atoms with Gasteiger partial charge in [0.15, 0.2) is 5.82 Å². The smallest absolute Gasteiger partial charge is 0.398 e. The first kappa shape index (κ1) is 8.05. The second kappa shape index (κ2) is 4.64. The molecule has 0 unspecified atom stereocenters. The average molecular weight is 293 g/mol. The SMILES string of the molecule is [2H]c1nc(-n2c([2H])nc(C([2H])([2H])[2H])c2[2H])c([2H])nc1B1OC(C)(C)C(C)(C)O1. The third kappa shape index (κ3) is 2.47. The predicted octanol–water partition coefficient (Wildman–Crippen LogP) is 1.27. The number of nitrogens with zero attached hydrogens (tertiary/aromatic N) is 4. The van der Waals surface area contributed by atoms with Crippen LogP contribution in [-0.4, -0.2) is 37.8 Å². The summed E-state index contributed by atoms with van der Waals surface area (Å²) < 4.78 is 66.8. The van der Waals surface area contributed by atoms with Gasteiger partial charge in [-0.15, -0.1) is 0 Å². The van der Waals surface area contributed by atoms with Gasteiger partial charge < -0.3 is 9.31 Å². The van der Waals surface area contributed by atoms with Crippen LogP contribution < -0.4 is 5.59 Å².